The minimum absolute atomic E-state index is 0.0612. The van der Waals surface area contributed by atoms with Crippen molar-refractivity contribution in [2.45, 2.75) is 50.5 Å². The molecule has 3 heteroatoms. The van der Waals surface area contributed by atoms with Crippen molar-refractivity contribution in [3.63, 3.8) is 0 Å². The summed E-state index contributed by atoms with van der Waals surface area (Å²) in [6.45, 7) is 1.33. The summed E-state index contributed by atoms with van der Waals surface area (Å²) in [7, 11) is 1.65. The molecule has 3 nitrogen and oxygen atoms in total. The number of Topliss-reactive ketones (excluding diaryl/α,β-unsaturated/α-hetero) is 1. The fraction of sp³-hybridized carbons (Fsp3) is 0.923. The molecule has 1 saturated carbocycles. The Morgan fingerprint density at radius 2 is 2.19 bits per heavy atom. The number of hydrogen-bond donors (Lipinski definition) is 0. The summed E-state index contributed by atoms with van der Waals surface area (Å²) in [6, 6.07) is 0. The van der Waals surface area contributed by atoms with Crippen LogP contribution in [0.5, 0.6) is 0 Å². The van der Waals surface area contributed by atoms with E-state index in [1.165, 1.54) is 12.8 Å². The van der Waals surface area contributed by atoms with E-state index in [0.29, 0.717) is 18.8 Å². The van der Waals surface area contributed by atoms with Crippen LogP contribution in [0.1, 0.15) is 44.9 Å². The van der Waals surface area contributed by atoms with Crippen LogP contribution >= 0.6 is 0 Å². The maximum Gasteiger partial charge on any atom is 0.138 e. The number of rotatable bonds is 4. The molecule has 0 aromatic rings. The van der Waals surface area contributed by atoms with E-state index in [2.05, 4.69) is 0 Å². The van der Waals surface area contributed by atoms with E-state index in [1.807, 2.05) is 0 Å². The van der Waals surface area contributed by atoms with Crippen LogP contribution in [0.4, 0.5) is 0 Å². The molecule has 0 aromatic heterocycles. The first kappa shape index (κ1) is 12.1. The molecule has 1 aliphatic carbocycles. The van der Waals surface area contributed by atoms with Crippen molar-refractivity contribution in [3.05, 3.63) is 0 Å². The summed E-state index contributed by atoms with van der Waals surface area (Å²) in [5, 5.41) is 0. The highest BCUT2D eigenvalue weighted by molar-refractivity contribution is 5.81. The molecule has 2 fully saturated rings. The van der Waals surface area contributed by atoms with Crippen LogP contribution in [0.25, 0.3) is 0 Å². The molecule has 1 spiro atoms. The maximum absolute atomic E-state index is 12.0. The van der Waals surface area contributed by atoms with Gasteiger partial charge in [-0.3, -0.25) is 4.79 Å². The van der Waals surface area contributed by atoms with E-state index in [0.717, 1.165) is 32.3 Å². The molecule has 0 amide bonds. The van der Waals surface area contributed by atoms with Gasteiger partial charge in [-0.25, -0.2) is 0 Å². The van der Waals surface area contributed by atoms with E-state index in [4.69, 9.17) is 9.47 Å². The molecule has 2 rings (SSSR count). The van der Waals surface area contributed by atoms with Gasteiger partial charge < -0.3 is 9.47 Å². The molecule has 1 aliphatic heterocycles. The van der Waals surface area contributed by atoms with Gasteiger partial charge in [-0.05, 0) is 25.7 Å². The molecule has 2 aliphatic rings. The standard InChI is InChI=1S/C13H22O3/c1-15-8-5-12(14)11-4-9-16-13(10-11)6-2-3-7-13/h11H,2-10H2,1H3. The van der Waals surface area contributed by atoms with Gasteiger partial charge in [-0.15, -0.1) is 0 Å². The molecule has 1 atom stereocenters. The van der Waals surface area contributed by atoms with Crippen molar-refractivity contribution in [2.24, 2.45) is 5.92 Å². The summed E-state index contributed by atoms with van der Waals surface area (Å²) in [5.41, 5.74) is 0.0612. The molecule has 16 heavy (non-hydrogen) atoms. The van der Waals surface area contributed by atoms with Gasteiger partial charge >= 0.3 is 0 Å². The Labute approximate surface area is 97.5 Å². The molecule has 0 bridgehead atoms. The lowest BCUT2D eigenvalue weighted by atomic mass is 9.82. The fourth-order valence-corrected chi connectivity index (χ4v) is 3.08. The van der Waals surface area contributed by atoms with E-state index in [-0.39, 0.29) is 11.5 Å². The van der Waals surface area contributed by atoms with Crippen LogP contribution < -0.4 is 0 Å². The lowest BCUT2D eigenvalue weighted by Crippen LogP contribution is -2.39. The van der Waals surface area contributed by atoms with Crippen molar-refractivity contribution in [2.75, 3.05) is 20.3 Å². The Kier molecular flexibility index (Phi) is 3.98. The van der Waals surface area contributed by atoms with Crippen molar-refractivity contribution < 1.29 is 14.3 Å². The van der Waals surface area contributed by atoms with Crippen LogP contribution in [0, 0.1) is 5.92 Å². The second kappa shape index (κ2) is 5.28. The van der Waals surface area contributed by atoms with Gasteiger partial charge in [0.25, 0.3) is 0 Å². The third-order valence-corrected chi connectivity index (χ3v) is 4.02. The highest BCUT2D eigenvalue weighted by Gasteiger charge is 2.41. The van der Waals surface area contributed by atoms with Crippen molar-refractivity contribution in [1.82, 2.24) is 0 Å². The molecule has 0 aromatic carbocycles. The molecule has 1 saturated heterocycles. The first-order chi connectivity index (χ1) is 7.76. The number of carbonyl (C=O) groups excluding carboxylic acids is 1. The maximum atomic E-state index is 12.0. The molecule has 92 valence electrons. The highest BCUT2D eigenvalue weighted by atomic mass is 16.5. The molecular weight excluding hydrogens is 204 g/mol. The lowest BCUT2D eigenvalue weighted by molar-refractivity contribution is -0.137. The number of hydrogen-bond acceptors (Lipinski definition) is 3. The zero-order valence-electron chi connectivity index (χ0n) is 10.2. The van der Waals surface area contributed by atoms with Crippen LogP contribution in [0.3, 0.4) is 0 Å². The Bertz CT molecular complexity index is 244. The third kappa shape index (κ3) is 2.64. The molecule has 1 heterocycles. The monoisotopic (exact) mass is 226 g/mol. The average molecular weight is 226 g/mol. The van der Waals surface area contributed by atoms with Crippen LogP contribution in [0.2, 0.25) is 0 Å². The summed E-state index contributed by atoms with van der Waals surface area (Å²) in [6.07, 6.45) is 7.26. The van der Waals surface area contributed by atoms with Gasteiger partial charge in [0.1, 0.15) is 5.78 Å². The Morgan fingerprint density at radius 3 is 2.88 bits per heavy atom. The first-order valence-electron chi connectivity index (χ1n) is 6.41. The lowest BCUT2D eigenvalue weighted by Gasteiger charge is -2.37. The largest absolute Gasteiger partial charge is 0.384 e. The van der Waals surface area contributed by atoms with Gasteiger partial charge in [-0.2, -0.15) is 0 Å². The molecule has 0 radical (unpaired) electrons. The second-order valence-corrected chi connectivity index (χ2v) is 5.14. The summed E-state index contributed by atoms with van der Waals surface area (Å²) < 4.78 is 10.9. The van der Waals surface area contributed by atoms with E-state index in [1.54, 1.807) is 7.11 Å². The Balaban J connectivity index is 1.88. The van der Waals surface area contributed by atoms with Crippen molar-refractivity contribution in [1.29, 1.82) is 0 Å². The van der Waals surface area contributed by atoms with Crippen LogP contribution in [-0.4, -0.2) is 31.7 Å². The van der Waals surface area contributed by atoms with Gasteiger partial charge in [0.05, 0.1) is 12.2 Å². The Morgan fingerprint density at radius 1 is 1.44 bits per heavy atom. The molecule has 0 N–H and O–H groups in total. The van der Waals surface area contributed by atoms with Gasteiger partial charge in [-0.1, -0.05) is 12.8 Å². The minimum atomic E-state index is 0.0612. The quantitative estimate of drug-likeness (QED) is 0.738. The summed E-state index contributed by atoms with van der Waals surface area (Å²) >= 11 is 0. The zero-order chi connectivity index (χ0) is 11.4. The van der Waals surface area contributed by atoms with Crippen molar-refractivity contribution in [3.8, 4) is 0 Å². The fourth-order valence-electron chi connectivity index (χ4n) is 3.08. The number of ether oxygens (including phenoxy) is 2. The number of ketones is 1. The highest BCUT2D eigenvalue weighted by Crippen LogP contribution is 2.42. The smallest absolute Gasteiger partial charge is 0.138 e. The predicted molar refractivity (Wildman–Crippen MR) is 61.4 cm³/mol. The average Bonchev–Trinajstić information content (AvgIpc) is 2.74. The van der Waals surface area contributed by atoms with Crippen LogP contribution in [0.15, 0.2) is 0 Å². The number of methoxy groups -OCH3 is 1. The van der Waals surface area contributed by atoms with Crippen molar-refractivity contribution >= 4 is 5.78 Å². The topological polar surface area (TPSA) is 35.5 Å². The summed E-state index contributed by atoms with van der Waals surface area (Å²) in [5.74, 6) is 0.596. The molecule has 1 unspecified atom stereocenters. The first-order valence-corrected chi connectivity index (χ1v) is 6.41. The summed E-state index contributed by atoms with van der Waals surface area (Å²) in [4.78, 5) is 12.0. The Hall–Kier alpha value is -0.410. The van der Waals surface area contributed by atoms with E-state index >= 15 is 0 Å². The van der Waals surface area contributed by atoms with Gasteiger partial charge in [0.15, 0.2) is 0 Å². The normalized spacial score (nSPS) is 28.4. The third-order valence-electron chi connectivity index (χ3n) is 4.02. The predicted octanol–water partition coefficient (Wildman–Crippen LogP) is 2.33. The van der Waals surface area contributed by atoms with E-state index < -0.39 is 0 Å². The van der Waals surface area contributed by atoms with Crippen LogP contribution in [-0.2, 0) is 14.3 Å². The molecular formula is C13H22O3. The second-order valence-electron chi connectivity index (χ2n) is 5.14. The SMILES string of the molecule is COCCC(=O)C1CCOC2(CCCC2)C1. The van der Waals surface area contributed by atoms with Gasteiger partial charge in [0, 0.05) is 26.1 Å². The van der Waals surface area contributed by atoms with E-state index in [9.17, 15) is 4.79 Å². The van der Waals surface area contributed by atoms with Gasteiger partial charge in [0.2, 0.25) is 0 Å². The zero-order valence-corrected chi connectivity index (χ0v) is 10.2. The minimum Gasteiger partial charge on any atom is -0.384 e. The number of carbonyl (C=O) groups is 1.